The second kappa shape index (κ2) is 4.45. The first-order chi connectivity index (χ1) is 7.53. The Balaban J connectivity index is 1.77. The fraction of sp³-hybridized carbons (Fsp3) is 0.700. The van der Waals surface area contributed by atoms with Gasteiger partial charge >= 0.3 is 6.18 Å². The third kappa shape index (κ3) is 3.84. The van der Waals surface area contributed by atoms with Crippen LogP contribution in [0.2, 0.25) is 0 Å². The van der Waals surface area contributed by atoms with E-state index in [9.17, 15) is 13.2 Å². The van der Waals surface area contributed by atoms with Crippen LogP contribution in [-0.4, -0.2) is 22.2 Å². The minimum atomic E-state index is -4.11. The third-order valence-corrected chi connectivity index (χ3v) is 2.48. The predicted molar refractivity (Wildman–Crippen MR) is 52.8 cm³/mol. The number of hydrogen-bond acceptors (Lipinski definition) is 2. The van der Waals surface area contributed by atoms with Crippen molar-refractivity contribution in [2.45, 2.75) is 44.4 Å². The molecule has 0 unspecified atom stereocenters. The van der Waals surface area contributed by atoms with Crippen LogP contribution in [0.1, 0.15) is 30.8 Å². The van der Waals surface area contributed by atoms with Crippen LogP contribution in [0.4, 0.5) is 13.2 Å². The molecule has 1 aliphatic rings. The highest BCUT2D eigenvalue weighted by Crippen LogP contribution is 2.21. The van der Waals surface area contributed by atoms with Crippen LogP contribution in [0.5, 0.6) is 0 Å². The quantitative estimate of drug-likeness (QED) is 0.818. The Morgan fingerprint density at radius 1 is 1.44 bits per heavy atom. The van der Waals surface area contributed by atoms with Crippen molar-refractivity contribution in [2.24, 2.45) is 0 Å². The Kier molecular flexibility index (Phi) is 3.18. The molecule has 6 heteroatoms. The van der Waals surface area contributed by atoms with Gasteiger partial charge < -0.3 is 10.3 Å². The molecular weight excluding hydrogens is 219 g/mol. The number of imidazole rings is 1. The number of hydrogen-bond donors (Lipinski definition) is 2. The fourth-order valence-electron chi connectivity index (χ4n) is 1.42. The predicted octanol–water partition coefficient (Wildman–Crippen LogP) is 2.16. The summed E-state index contributed by atoms with van der Waals surface area (Å²) in [5.41, 5.74) is 0.851. The summed E-state index contributed by atoms with van der Waals surface area (Å²) in [6, 6.07) is 0.585. The third-order valence-electron chi connectivity index (χ3n) is 2.48. The van der Waals surface area contributed by atoms with Crippen molar-refractivity contribution in [3.05, 3.63) is 17.7 Å². The molecule has 0 radical (unpaired) electrons. The number of alkyl halides is 3. The lowest BCUT2D eigenvalue weighted by molar-refractivity contribution is -0.134. The van der Waals surface area contributed by atoms with E-state index >= 15 is 0 Å². The van der Waals surface area contributed by atoms with Gasteiger partial charge in [0.1, 0.15) is 5.82 Å². The smallest absolute Gasteiger partial charge is 0.345 e. The van der Waals surface area contributed by atoms with Crippen molar-refractivity contribution in [3.8, 4) is 0 Å². The van der Waals surface area contributed by atoms with E-state index < -0.39 is 12.6 Å². The van der Waals surface area contributed by atoms with Gasteiger partial charge in [0.25, 0.3) is 0 Å². The maximum atomic E-state index is 12.0. The van der Waals surface area contributed by atoms with Gasteiger partial charge in [-0.25, -0.2) is 4.98 Å². The molecule has 1 aromatic heterocycles. The Labute approximate surface area is 91.5 Å². The van der Waals surface area contributed by atoms with Crippen molar-refractivity contribution in [2.75, 3.05) is 0 Å². The van der Waals surface area contributed by atoms with E-state index in [1.807, 2.05) is 0 Å². The molecule has 0 aromatic carbocycles. The summed E-state index contributed by atoms with van der Waals surface area (Å²) in [6.07, 6.45) is -1.03. The zero-order valence-electron chi connectivity index (χ0n) is 8.77. The van der Waals surface area contributed by atoms with Crippen molar-refractivity contribution in [1.29, 1.82) is 0 Å². The van der Waals surface area contributed by atoms with Crippen molar-refractivity contribution < 1.29 is 13.2 Å². The van der Waals surface area contributed by atoms with E-state index in [0.717, 1.165) is 5.69 Å². The van der Waals surface area contributed by atoms with E-state index in [4.69, 9.17) is 0 Å². The Hall–Kier alpha value is -1.04. The molecule has 0 aliphatic heterocycles. The van der Waals surface area contributed by atoms with Crippen LogP contribution in [0, 0.1) is 0 Å². The van der Waals surface area contributed by atoms with Crippen LogP contribution in [0.3, 0.4) is 0 Å². The molecule has 1 saturated carbocycles. The van der Waals surface area contributed by atoms with E-state index in [1.165, 1.54) is 12.8 Å². The van der Waals surface area contributed by atoms with Gasteiger partial charge in [-0.05, 0) is 12.8 Å². The molecule has 0 saturated heterocycles. The number of aromatic nitrogens is 2. The topological polar surface area (TPSA) is 40.7 Å². The number of nitrogens with zero attached hydrogens (tertiary/aromatic N) is 1. The molecule has 1 fully saturated rings. The number of halogens is 3. The summed E-state index contributed by atoms with van der Waals surface area (Å²) in [6.45, 7) is 0.656. The van der Waals surface area contributed by atoms with Crippen LogP contribution >= 0.6 is 0 Å². The minimum absolute atomic E-state index is 0.0765. The number of aromatic amines is 1. The van der Waals surface area contributed by atoms with E-state index in [-0.39, 0.29) is 6.42 Å². The standard InChI is InChI=1S/C10H14F3N3/c11-10(12,13)4-3-9-15-6-8(16-9)5-14-7-1-2-7/h6-7,14H,1-5H2,(H,15,16). The lowest BCUT2D eigenvalue weighted by atomic mass is 10.3. The van der Waals surface area contributed by atoms with Gasteiger partial charge in [-0.1, -0.05) is 0 Å². The first-order valence-electron chi connectivity index (χ1n) is 5.36. The fourth-order valence-corrected chi connectivity index (χ4v) is 1.42. The summed E-state index contributed by atoms with van der Waals surface area (Å²) in [7, 11) is 0. The van der Waals surface area contributed by atoms with Gasteiger partial charge in [0.05, 0.1) is 6.42 Å². The van der Waals surface area contributed by atoms with E-state index in [0.29, 0.717) is 18.4 Å². The number of aryl methyl sites for hydroxylation is 1. The van der Waals surface area contributed by atoms with Crippen molar-refractivity contribution >= 4 is 0 Å². The van der Waals surface area contributed by atoms with Gasteiger partial charge in [-0.2, -0.15) is 13.2 Å². The number of rotatable bonds is 5. The second-order valence-corrected chi connectivity index (χ2v) is 4.13. The first-order valence-corrected chi connectivity index (χ1v) is 5.36. The zero-order valence-corrected chi connectivity index (χ0v) is 8.77. The molecule has 0 atom stereocenters. The molecule has 0 spiro atoms. The van der Waals surface area contributed by atoms with Crippen LogP contribution in [0.15, 0.2) is 6.20 Å². The maximum absolute atomic E-state index is 12.0. The highest BCUT2D eigenvalue weighted by atomic mass is 19.4. The normalized spacial score (nSPS) is 16.7. The number of nitrogens with one attached hydrogen (secondary N) is 2. The Bertz CT molecular complexity index is 341. The minimum Gasteiger partial charge on any atom is -0.345 e. The summed E-state index contributed by atoms with van der Waals surface area (Å²) >= 11 is 0. The summed E-state index contributed by atoms with van der Waals surface area (Å²) in [5.74, 6) is 0.407. The lowest BCUT2D eigenvalue weighted by Gasteiger charge is -2.03. The van der Waals surface area contributed by atoms with Crippen LogP contribution in [-0.2, 0) is 13.0 Å². The maximum Gasteiger partial charge on any atom is 0.389 e. The molecule has 1 heterocycles. The molecular formula is C10H14F3N3. The van der Waals surface area contributed by atoms with Crippen LogP contribution < -0.4 is 5.32 Å². The number of H-pyrrole nitrogens is 1. The van der Waals surface area contributed by atoms with Gasteiger partial charge in [-0.3, -0.25) is 0 Å². The summed E-state index contributed by atoms with van der Waals surface area (Å²) in [5, 5.41) is 3.27. The van der Waals surface area contributed by atoms with Gasteiger partial charge in [0.2, 0.25) is 0 Å². The molecule has 1 aromatic rings. The average molecular weight is 233 g/mol. The van der Waals surface area contributed by atoms with Crippen molar-refractivity contribution in [1.82, 2.24) is 15.3 Å². The van der Waals surface area contributed by atoms with Crippen molar-refractivity contribution in [3.63, 3.8) is 0 Å². The average Bonchev–Trinajstić information content (AvgIpc) is 2.91. The van der Waals surface area contributed by atoms with E-state index in [1.54, 1.807) is 6.20 Å². The largest absolute Gasteiger partial charge is 0.389 e. The van der Waals surface area contributed by atoms with E-state index in [2.05, 4.69) is 15.3 Å². The monoisotopic (exact) mass is 233 g/mol. The SMILES string of the molecule is FC(F)(F)CCc1ncc(CNC2CC2)[nH]1. The highest BCUT2D eigenvalue weighted by Gasteiger charge is 2.27. The Morgan fingerprint density at radius 3 is 2.81 bits per heavy atom. The van der Waals surface area contributed by atoms with Gasteiger partial charge in [-0.15, -0.1) is 0 Å². The molecule has 3 nitrogen and oxygen atoms in total. The highest BCUT2D eigenvalue weighted by molar-refractivity contribution is 5.02. The molecule has 2 rings (SSSR count). The van der Waals surface area contributed by atoms with Gasteiger partial charge in [0, 0.05) is 30.9 Å². The molecule has 0 bridgehead atoms. The molecule has 1 aliphatic carbocycles. The molecule has 16 heavy (non-hydrogen) atoms. The van der Waals surface area contributed by atoms with Crippen LogP contribution in [0.25, 0.3) is 0 Å². The molecule has 2 N–H and O–H groups in total. The molecule has 90 valence electrons. The first kappa shape index (κ1) is 11.4. The lowest BCUT2D eigenvalue weighted by Crippen LogP contribution is -2.15. The van der Waals surface area contributed by atoms with Gasteiger partial charge in [0.15, 0.2) is 0 Å². The summed E-state index contributed by atoms with van der Waals surface area (Å²) < 4.78 is 35.9. The zero-order chi connectivity index (χ0) is 11.6. The second-order valence-electron chi connectivity index (χ2n) is 4.13. The molecule has 0 amide bonds. The Morgan fingerprint density at radius 2 is 2.19 bits per heavy atom. The summed E-state index contributed by atoms with van der Waals surface area (Å²) in [4.78, 5) is 6.82.